The fourth-order valence-electron chi connectivity index (χ4n) is 3.99. The van der Waals surface area contributed by atoms with Crippen molar-refractivity contribution in [3.63, 3.8) is 0 Å². The Hall–Kier alpha value is -3.38. The second kappa shape index (κ2) is 12.9. The molecule has 2 heterocycles. The van der Waals surface area contributed by atoms with E-state index in [0.717, 1.165) is 36.1 Å². The number of ether oxygens (including phenoxy) is 2. The molecule has 1 aromatic carbocycles. The summed E-state index contributed by atoms with van der Waals surface area (Å²) in [5.41, 5.74) is 1.49. The summed E-state index contributed by atoms with van der Waals surface area (Å²) in [5, 5.41) is 14.6. The largest absolute Gasteiger partial charge is 0.484 e. The molecule has 0 fully saturated rings. The minimum absolute atomic E-state index is 0.111. The van der Waals surface area contributed by atoms with Crippen LogP contribution in [0.1, 0.15) is 53.3 Å². The second-order valence-corrected chi connectivity index (χ2v) is 11.1. The van der Waals surface area contributed by atoms with Crippen molar-refractivity contribution < 1.29 is 23.9 Å². The van der Waals surface area contributed by atoms with Gasteiger partial charge >= 0.3 is 5.97 Å². The number of hydrogen-bond acceptors (Lipinski definition) is 9. The fraction of sp³-hybridized carbons (Fsp3) is 0.423. The number of nitrogens with one attached hydrogen (secondary N) is 2. The third kappa shape index (κ3) is 6.73. The molecular weight excluding hydrogens is 526 g/mol. The zero-order chi connectivity index (χ0) is 27.1. The summed E-state index contributed by atoms with van der Waals surface area (Å²) in [7, 11) is 1.78. The van der Waals surface area contributed by atoms with E-state index in [0.29, 0.717) is 27.3 Å². The quantitative estimate of drug-likeness (QED) is 0.270. The van der Waals surface area contributed by atoms with Gasteiger partial charge in [0, 0.05) is 11.9 Å². The minimum atomic E-state index is -0.506. The molecule has 2 amide bonds. The van der Waals surface area contributed by atoms with Crippen LogP contribution in [-0.2, 0) is 40.8 Å². The summed E-state index contributed by atoms with van der Waals surface area (Å²) < 4.78 is 12.5. The summed E-state index contributed by atoms with van der Waals surface area (Å²) >= 11 is 2.71. The number of amides is 2. The lowest BCUT2D eigenvalue weighted by molar-refractivity contribution is -0.123. The Bertz CT molecular complexity index is 1290. The topological polar surface area (TPSA) is 124 Å². The lowest BCUT2D eigenvalue weighted by Gasteiger charge is -2.13. The molecule has 1 aliphatic rings. The molecule has 2 N–H and O–H groups in total. The lowest BCUT2D eigenvalue weighted by atomic mass is 9.95. The summed E-state index contributed by atoms with van der Waals surface area (Å²) in [4.78, 5) is 39.1. The van der Waals surface area contributed by atoms with E-state index in [9.17, 15) is 14.4 Å². The Labute approximate surface area is 229 Å². The number of esters is 1. The maximum absolute atomic E-state index is 13.1. The molecule has 10 nitrogen and oxygen atoms in total. The van der Waals surface area contributed by atoms with Gasteiger partial charge in [0.25, 0.3) is 5.91 Å². The standard InChI is InChI=1S/C26H31N5O5S2/c1-4-35-25(34)22-18-12-8-9-13-19(18)38-24(22)28-23(33)16(2)37-26-30-29-20(31(26)3)14-27-21(32)15-36-17-10-6-5-7-11-17/h5-7,10-11,16H,4,8-9,12-15H2,1-3H3,(H,27,32)(H,28,33)/t16-/m0/s1. The van der Waals surface area contributed by atoms with Gasteiger partial charge in [0.2, 0.25) is 5.91 Å². The van der Waals surface area contributed by atoms with E-state index >= 15 is 0 Å². The van der Waals surface area contributed by atoms with Crippen LogP contribution in [0.4, 0.5) is 5.00 Å². The molecule has 4 rings (SSSR count). The number of para-hydroxylation sites is 1. The number of nitrogens with zero attached hydrogens (tertiary/aromatic N) is 3. The van der Waals surface area contributed by atoms with Crippen molar-refractivity contribution in [2.24, 2.45) is 7.05 Å². The van der Waals surface area contributed by atoms with Crippen LogP contribution in [0, 0.1) is 0 Å². The average Bonchev–Trinajstić information content (AvgIpc) is 3.46. The molecule has 0 spiro atoms. The molecule has 1 atom stereocenters. The number of aromatic nitrogens is 3. The number of carbonyl (C=O) groups excluding carboxylic acids is 3. The molecule has 0 saturated carbocycles. The number of carbonyl (C=O) groups is 3. The van der Waals surface area contributed by atoms with Gasteiger partial charge < -0.3 is 24.7 Å². The van der Waals surface area contributed by atoms with E-state index in [4.69, 9.17) is 9.47 Å². The van der Waals surface area contributed by atoms with Gasteiger partial charge in [-0.2, -0.15) is 0 Å². The Morgan fingerprint density at radius 2 is 1.92 bits per heavy atom. The molecule has 0 unspecified atom stereocenters. The van der Waals surface area contributed by atoms with Crippen molar-refractivity contribution in [1.82, 2.24) is 20.1 Å². The van der Waals surface area contributed by atoms with Crippen LogP contribution in [0.3, 0.4) is 0 Å². The number of thioether (sulfide) groups is 1. The maximum Gasteiger partial charge on any atom is 0.341 e. The molecule has 0 bridgehead atoms. The summed E-state index contributed by atoms with van der Waals surface area (Å²) in [6, 6.07) is 9.10. The van der Waals surface area contributed by atoms with Crippen molar-refractivity contribution in [2.75, 3.05) is 18.5 Å². The van der Waals surface area contributed by atoms with E-state index < -0.39 is 11.2 Å². The van der Waals surface area contributed by atoms with Crippen molar-refractivity contribution in [3.8, 4) is 5.75 Å². The molecule has 1 aliphatic carbocycles. The van der Waals surface area contributed by atoms with Gasteiger partial charge in [0.15, 0.2) is 17.6 Å². The number of rotatable bonds is 11. The van der Waals surface area contributed by atoms with Crippen LogP contribution in [0.25, 0.3) is 0 Å². The van der Waals surface area contributed by atoms with E-state index in [2.05, 4.69) is 20.8 Å². The van der Waals surface area contributed by atoms with E-state index in [1.165, 1.54) is 23.1 Å². The number of fused-ring (bicyclic) bond motifs is 1. The molecule has 12 heteroatoms. The van der Waals surface area contributed by atoms with Crippen LogP contribution in [0.15, 0.2) is 35.5 Å². The lowest BCUT2D eigenvalue weighted by Crippen LogP contribution is -2.29. The van der Waals surface area contributed by atoms with Crippen LogP contribution >= 0.6 is 23.1 Å². The van der Waals surface area contributed by atoms with Crippen LogP contribution in [0.2, 0.25) is 0 Å². The highest BCUT2D eigenvalue weighted by Gasteiger charge is 2.28. The fourth-order valence-corrected chi connectivity index (χ4v) is 6.11. The van der Waals surface area contributed by atoms with E-state index in [1.807, 2.05) is 18.2 Å². The predicted octanol–water partition coefficient (Wildman–Crippen LogP) is 3.75. The second-order valence-electron chi connectivity index (χ2n) is 8.72. The highest BCUT2D eigenvalue weighted by molar-refractivity contribution is 8.00. The van der Waals surface area contributed by atoms with Gasteiger partial charge in [-0.1, -0.05) is 30.0 Å². The summed E-state index contributed by atoms with van der Waals surface area (Å²) in [6.45, 7) is 3.88. The average molecular weight is 558 g/mol. The Balaban J connectivity index is 1.33. The first kappa shape index (κ1) is 27.6. The molecule has 0 aliphatic heterocycles. The van der Waals surface area contributed by atoms with Crippen molar-refractivity contribution in [1.29, 1.82) is 0 Å². The Kier molecular flexibility index (Phi) is 9.40. The SMILES string of the molecule is CCOC(=O)c1c(NC(=O)[C@H](C)Sc2nnc(CNC(=O)COc3ccccc3)n2C)sc2c1CCCC2. The minimum Gasteiger partial charge on any atom is -0.484 e. The number of hydrogen-bond donors (Lipinski definition) is 2. The summed E-state index contributed by atoms with van der Waals surface area (Å²) in [6.07, 6.45) is 3.81. The summed E-state index contributed by atoms with van der Waals surface area (Å²) in [5.74, 6) is 0.245. The normalized spacial score (nSPS) is 13.3. The Morgan fingerprint density at radius 1 is 1.16 bits per heavy atom. The zero-order valence-corrected chi connectivity index (χ0v) is 23.2. The molecule has 0 radical (unpaired) electrons. The predicted molar refractivity (Wildman–Crippen MR) is 146 cm³/mol. The smallest absolute Gasteiger partial charge is 0.341 e. The van der Waals surface area contributed by atoms with Crippen LogP contribution in [-0.4, -0.2) is 51.0 Å². The molecule has 2 aromatic heterocycles. The number of anilines is 1. The molecular formula is C26H31N5O5S2. The third-order valence-electron chi connectivity index (χ3n) is 6.02. The van der Waals surface area contributed by atoms with Gasteiger partial charge in [-0.25, -0.2) is 4.79 Å². The van der Waals surface area contributed by atoms with Crippen LogP contribution < -0.4 is 15.4 Å². The third-order valence-corrected chi connectivity index (χ3v) is 8.36. The van der Waals surface area contributed by atoms with Gasteiger partial charge in [-0.15, -0.1) is 21.5 Å². The van der Waals surface area contributed by atoms with Gasteiger partial charge in [0.05, 0.1) is 24.0 Å². The zero-order valence-electron chi connectivity index (χ0n) is 21.6. The first-order valence-corrected chi connectivity index (χ1v) is 14.2. The molecule has 3 aromatic rings. The molecule has 202 valence electrons. The first-order valence-electron chi connectivity index (χ1n) is 12.5. The van der Waals surface area contributed by atoms with Gasteiger partial charge in [-0.3, -0.25) is 9.59 Å². The van der Waals surface area contributed by atoms with Crippen molar-refractivity contribution in [3.05, 3.63) is 52.2 Å². The highest BCUT2D eigenvalue weighted by atomic mass is 32.2. The van der Waals surface area contributed by atoms with Crippen molar-refractivity contribution in [2.45, 2.75) is 56.5 Å². The molecule has 0 saturated heterocycles. The van der Waals surface area contributed by atoms with Gasteiger partial charge in [-0.05, 0) is 57.2 Å². The Morgan fingerprint density at radius 3 is 2.68 bits per heavy atom. The number of aryl methyl sites for hydroxylation is 1. The monoisotopic (exact) mass is 557 g/mol. The highest BCUT2D eigenvalue weighted by Crippen LogP contribution is 2.39. The van der Waals surface area contributed by atoms with E-state index in [-0.39, 0.29) is 31.6 Å². The maximum atomic E-state index is 13.1. The van der Waals surface area contributed by atoms with E-state index in [1.54, 1.807) is 37.6 Å². The molecule has 38 heavy (non-hydrogen) atoms. The first-order chi connectivity index (χ1) is 18.4. The number of thiophene rings is 1. The number of benzene rings is 1. The van der Waals surface area contributed by atoms with Gasteiger partial charge in [0.1, 0.15) is 10.8 Å². The van der Waals surface area contributed by atoms with Crippen molar-refractivity contribution >= 4 is 45.9 Å². The van der Waals surface area contributed by atoms with Crippen LogP contribution in [0.5, 0.6) is 5.75 Å².